The van der Waals surface area contributed by atoms with E-state index in [2.05, 4.69) is 48.9 Å². The molecule has 1 aromatic heterocycles. The highest BCUT2D eigenvalue weighted by molar-refractivity contribution is 6.74. The summed E-state index contributed by atoms with van der Waals surface area (Å²) >= 11 is 0. The van der Waals surface area contributed by atoms with Gasteiger partial charge in [-0.05, 0) is 54.6 Å². The third kappa shape index (κ3) is 6.40. The Balaban J connectivity index is 2.35. The number of carbonyl (C=O) groups excluding carboxylic acids is 2. The number of nitrogens with zero attached hydrogens (tertiary/aromatic N) is 3. The lowest BCUT2D eigenvalue weighted by Crippen LogP contribution is -2.41. The van der Waals surface area contributed by atoms with Crippen molar-refractivity contribution in [1.29, 1.82) is 0 Å². The molecule has 2 aromatic rings. The highest BCUT2D eigenvalue weighted by Gasteiger charge is 2.37. The van der Waals surface area contributed by atoms with Crippen molar-refractivity contribution in [2.24, 2.45) is 11.0 Å². The molecule has 0 spiro atoms. The van der Waals surface area contributed by atoms with Gasteiger partial charge < -0.3 is 18.9 Å². The van der Waals surface area contributed by atoms with Gasteiger partial charge in [0.2, 0.25) is 0 Å². The standard InChI is InChI=1S/C24H36N4O5Si/c1-24(2,3)34(6,7)33-15-14-17-16-10-8-9-11-19(16)26-21(17)20(27-28-25)13-12-18(22(29)31-4)23(30)32-5/h8-11,18,20,26H,12-15H2,1-7H3/t20-/m0/s1. The molecule has 9 nitrogen and oxygen atoms in total. The fourth-order valence-corrected chi connectivity index (χ4v) is 4.71. The van der Waals surface area contributed by atoms with Gasteiger partial charge in [-0.3, -0.25) is 9.59 Å². The Morgan fingerprint density at radius 2 is 1.74 bits per heavy atom. The molecule has 1 aromatic carbocycles. The van der Waals surface area contributed by atoms with Crippen molar-refractivity contribution >= 4 is 31.2 Å². The number of aromatic nitrogens is 1. The highest BCUT2D eigenvalue weighted by atomic mass is 28.4. The first-order chi connectivity index (χ1) is 16.0. The van der Waals surface area contributed by atoms with Gasteiger partial charge in [-0.2, -0.15) is 0 Å². The van der Waals surface area contributed by atoms with Crippen molar-refractivity contribution in [1.82, 2.24) is 4.98 Å². The van der Waals surface area contributed by atoms with Crippen molar-refractivity contribution in [2.75, 3.05) is 20.8 Å². The zero-order valence-corrected chi connectivity index (χ0v) is 22.2. The monoisotopic (exact) mass is 488 g/mol. The van der Waals surface area contributed by atoms with E-state index in [1.165, 1.54) is 14.2 Å². The predicted octanol–water partition coefficient (Wildman–Crippen LogP) is 5.83. The van der Waals surface area contributed by atoms with Gasteiger partial charge in [-0.1, -0.05) is 44.1 Å². The minimum Gasteiger partial charge on any atom is -0.468 e. The Hall–Kier alpha value is -2.81. The number of benzene rings is 1. The number of H-pyrrole nitrogens is 1. The summed E-state index contributed by atoms with van der Waals surface area (Å²) < 4.78 is 15.9. The number of esters is 2. The lowest BCUT2D eigenvalue weighted by molar-refractivity contribution is -0.159. The van der Waals surface area contributed by atoms with Crippen molar-refractivity contribution < 1.29 is 23.5 Å². The van der Waals surface area contributed by atoms with Crippen molar-refractivity contribution in [2.45, 2.75) is 64.2 Å². The van der Waals surface area contributed by atoms with Crippen LogP contribution in [-0.2, 0) is 29.9 Å². The van der Waals surface area contributed by atoms with Gasteiger partial charge in [0.25, 0.3) is 0 Å². The molecule has 2 rings (SSSR count). The first-order valence-electron chi connectivity index (χ1n) is 11.4. The third-order valence-electron chi connectivity index (χ3n) is 6.69. The molecule has 186 valence electrons. The Morgan fingerprint density at radius 1 is 1.12 bits per heavy atom. The molecule has 1 N–H and O–H groups in total. The van der Waals surface area contributed by atoms with E-state index in [1.807, 2.05) is 24.3 Å². The number of carbonyl (C=O) groups is 2. The molecule has 0 unspecified atom stereocenters. The maximum Gasteiger partial charge on any atom is 0.320 e. The number of azide groups is 1. The molecule has 0 aliphatic carbocycles. The zero-order valence-electron chi connectivity index (χ0n) is 21.2. The number of hydrogen-bond donors (Lipinski definition) is 1. The minimum atomic E-state index is -1.92. The van der Waals surface area contributed by atoms with Gasteiger partial charge in [0.1, 0.15) is 0 Å². The first kappa shape index (κ1) is 27.4. The largest absolute Gasteiger partial charge is 0.468 e. The molecule has 0 fully saturated rings. The molecule has 0 aliphatic heterocycles. The van der Waals surface area contributed by atoms with Crippen LogP contribution in [0.15, 0.2) is 29.4 Å². The number of ether oxygens (including phenoxy) is 2. The van der Waals surface area contributed by atoms with Gasteiger partial charge in [-0.25, -0.2) is 0 Å². The molecule has 1 heterocycles. The molecular weight excluding hydrogens is 452 g/mol. The molecule has 0 amide bonds. The van der Waals surface area contributed by atoms with Crippen molar-refractivity contribution in [3.63, 3.8) is 0 Å². The molecule has 0 bridgehead atoms. The van der Waals surface area contributed by atoms with E-state index in [0.717, 1.165) is 22.2 Å². The summed E-state index contributed by atoms with van der Waals surface area (Å²) in [5.74, 6) is -2.43. The Bertz CT molecular complexity index is 1040. The number of rotatable bonds is 11. The van der Waals surface area contributed by atoms with E-state index in [9.17, 15) is 15.1 Å². The van der Waals surface area contributed by atoms with Crippen LogP contribution in [0, 0.1) is 5.92 Å². The van der Waals surface area contributed by atoms with Crippen LogP contribution in [0.5, 0.6) is 0 Å². The average molecular weight is 489 g/mol. The van der Waals surface area contributed by atoms with Crippen LogP contribution in [0.1, 0.15) is 50.9 Å². The van der Waals surface area contributed by atoms with Crippen LogP contribution in [0.4, 0.5) is 0 Å². The van der Waals surface area contributed by atoms with Crippen LogP contribution in [0.25, 0.3) is 21.3 Å². The number of para-hydroxylation sites is 1. The number of hydrogen-bond acceptors (Lipinski definition) is 6. The summed E-state index contributed by atoms with van der Waals surface area (Å²) in [4.78, 5) is 30.6. The van der Waals surface area contributed by atoms with E-state index in [1.54, 1.807) is 0 Å². The van der Waals surface area contributed by atoms with E-state index < -0.39 is 32.2 Å². The second kappa shape index (κ2) is 11.5. The minimum absolute atomic E-state index is 0.0977. The van der Waals surface area contributed by atoms with Crippen molar-refractivity contribution in [3.05, 3.63) is 46.0 Å². The lowest BCUT2D eigenvalue weighted by Gasteiger charge is -2.36. The first-order valence-corrected chi connectivity index (χ1v) is 14.3. The van der Waals surface area contributed by atoms with Crippen molar-refractivity contribution in [3.8, 4) is 0 Å². The molecule has 34 heavy (non-hydrogen) atoms. The smallest absolute Gasteiger partial charge is 0.320 e. The van der Waals surface area contributed by atoms with Crippen LogP contribution in [0.3, 0.4) is 0 Å². The molecule has 0 radical (unpaired) electrons. The molecule has 10 heteroatoms. The van der Waals surface area contributed by atoms with Crippen LogP contribution in [-0.4, -0.2) is 46.1 Å². The second-order valence-corrected chi connectivity index (χ2v) is 14.6. The Kier molecular flexibility index (Phi) is 9.32. The van der Waals surface area contributed by atoms with E-state index in [4.69, 9.17) is 13.9 Å². The summed E-state index contributed by atoms with van der Waals surface area (Å²) in [5, 5.41) is 5.13. The topological polar surface area (TPSA) is 126 Å². The normalized spacial score (nSPS) is 12.9. The van der Waals surface area contributed by atoms with Crippen LogP contribution in [0.2, 0.25) is 18.1 Å². The third-order valence-corrected chi connectivity index (χ3v) is 11.2. The molecular formula is C24H36N4O5Si. The van der Waals surface area contributed by atoms with Gasteiger partial charge in [0.05, 0.1) is 20.3 Å². The highest BCUT2D eigenvalue weighted by Crippen LogP contribution is 2.37. The maximum absolute atomic E-state index is 12.1. The summed E-state index contributed by atoms with van der Waals surface area (Å²) in [7, 11) is 0.523. The second-order valence-electron chi connectivity index (χ2n) is 9.82. The van der Waals surface area contributed by atoms with Crippen LogP contribution >= 0.6 is 0 Å². The Labute approximate surface area is 201 Å². The lowest BCUT2D eigenvalue weighted by atomic mass is 9.96. The van der Waals surface area contributed by atoms with Gasteiger partial charge in [0, 0.05) is 28.1 Å². The summed E-state index contributed by atoms with van der Waals surface area (Å²) in [6.07, 6.45) is 1.03. The number of nitrogens with one attached hydrogen (secondary N) is 1. The molecule has 0 saturated carbocycles. The summed E-state index contributed by atoms with van der Waals surface area (Å²) in [6, 6.07) is 7.29. The fourth-order valence-electron chi connectivity index (χ4n) is 3.66. The van der Waals surface area contributed by atoms with E-state index in [-0.39, 0.29) is 17.9 Å². The average Bonchev–Trinajstić information content (AvgIpc) is 3.15. The Morgan fingerprint density at radius 3 is 2.29 bits per heavy atom. The SMILES string of the molecule is COC(=O)C(CC[C@H](N=[N+]=[N-])c1[nH]c2ccccc2c1CCO[Si](C)(C)C(C)(C)C)C(=O)OC. The quantitative estimate of drug-likeness (QED) is 0.106. The fraction of sp³-hybridized carbons (Fsp3) is 0.583. The van der Waals surface area contributed by atoms with E-state index >= 15 is 0 Å². The maximum atomic E-state index is 12.1. The number of fused-ring (bicyclic) bond motifs is 1. The number of methoxy groups -OCH3 is 2. The summed E-state index contributed by atoms with van der Waals surface area (Å²) in [6.45, 7) is 11.6. The van der Waals surface area contributed by atoms with Gasteiger partial charge in [0.15, 0.2) is 14.2 Å². The predicted molar refractivity (Wildman–Crippen MR) is 134 cm³/mol. The number of aromatic amines is 1. The zero-order chi connectivity index (χ0) is 25.5. The van der Waals surface area contributed by atoms with Gasteiger partial charge >= 0.3 is 11.9 Å². The summed E-state index contributed by atoms with van der Waals surface area (Å²) in [5.41, 5.74) is 12.0. The molecule has 1 atom stereocenters. The molecule has 0 aliphatic rings. The van der Waals surface area contributed by atoms with Gasteiger partial charge in [-0.15, -0.1) is 0 Å². The van der Waals surface area contributed by atoms with Crippen LogP contribution < -0.4 is 0 Å². The van der Waals surface area contributed by atoms with E-state index in [0.29, 0.717) is 13.0 Å². The molecule has 0 saturated heterocycles.